The van der Waals surface area contributed by atoms with Crippen molar-refractivity contribution < 1.29 is 22.5 Å². The van der Waals surface area contributed by atoms with Crippen LogP contribution in [0.5, 0.6) is 0 Å². The van der Waals surface area contributed by atoms with Crippen molar-refractivity contribution in [2.45, 2.75) is 50.5 Å². The predicted octanol–water partition coefficient (Wildman–Crippen LogP) is 3.66. The van der Waals surface area contributed by atoms with E-state index in [0.29, 0.717) is 34.9 Å². The van der Waals surface area contributed by atoms with Crippen molar-refractivity contribution in [3.63, 3.8) is 0 Å². The van der Waals surface area contributed by atoms with Crippen LogP contribution in [0.25, 0.3) is 0 Å². The third kappa shape index (κ3) is 6.34. The second kappa shape index (κ2) is 10.4. The number of hydrogen-bond donors (Lipinski definition) is 2. The minimum atomic E-state index is -3.52. The zero-order valence-electron chi connectivity index (χ0n) is 19.7. The normalized spacial score (nSPS) is 13.4. The third-order valence-corrected chi connectivity index (χ3v) is 7.03. The molecular formula is C25H28N4O5S. The van der Waals surface area contributed by atoms with Gasteiger partial charge in [-0.25, -0.2) is 13.1 Å². The fourth-order valence-electron chi connectivity index (χ4n) is 3.54. The van der Waals surface area contributed by atoms with Crippen molar-refractivity contribution in [3.05, 3.63) is 71.5 Å². The van der Waals surface area contributed by atoms with Crippen molar-refractivity contribution in [2.24, 2.45) is 0 Å². The first kappa shape index (κ1) is 24.6. The molecule has 0 aliphatic heterocycles. The Morgan fingerprint density at radius 1 is 1.09 bits per heavy atom. The van der Waals surface area contributed by atoms with Crippen LogP contribution in [0.3, 0.4) is 0 Å². The number of benzene rings is 2. The van der Waals surface area contributed by atoms with Crippen LogP contribution in [0.15, 0.2) is 64.0 Å². The molecule has 2 aromatic carbocycles. The number of carbonyl (C=O) groups excluding carboxylic acids is 2. The highest BCUT2D eigenvalue weighted by Gasteiger charge is 2.28. The largest absolute Gasteiger partial charge is 0.360 e. The maximum Gasteiger partial charge on any atom is 0.259 e. The van der Waals surface area contributed by atoms with Gasteiger partial charge in [0.25, 0.3) is 5.91 Å². The number of aryl methyl sites for hydroxylation is 1. The Kier molecular flexibility index (Phi) is 7.32. The van der Waals surface area contributed by atoms with E-state index in [1.165, 1.54) is 12.1 Å². The number of nitrogens with zero attached hydrogens (tertiary/aromatic N) is 2. The first-order valence-corrected chi connectivity index (χ1v) is 13.0. The molecule has 1 aliphatic carbocycles. The molecule has 0 spiro atoms. The van der Waals surface area contributed by atoms with Gasteiger partial charge in [-0.3, -0.25) is 14.5 Å². The Balaban J connectivity index is 1.35. The maximum absolute atomic E-state index is 13.0. The van der Waals surface area contributed by atoms with Gasteiger partial charge in [0.15, 0.2) is 5.82 Å². The Labute approximate surface area is 204 Å². The molecule has 4 rings (SSSR count). The maximum atomic E-state index is 13.0. The van der Waals surface area contributed by atoms with Crippen molar-refractivity contribution in [1.29, 1.82) is 0 Å². The molecule has 0 bridgehead atoms. The van der Waals surface area contributed by atoms with Crippen molar-refractivity contribution in [1.82, 2.24) is 9.88 Å². The molecule has 0 atom stereocenters. The smallest absolute Gasteiger partial charge is 0.259 e. The molecule has 1 fully saturated rings. The van der Waals surface area contributed by atoms with Crippen molar-refractivity contribution >= 4 is 33.3 Å². The molecule has 9 nitrogen and oxygen atoms in total. The van der Waals surface area contributed by atoms with E-state index in [9.17, 15) is 18.0 Å². The average molecular weight is 497 g/mol. The van der Waals surface area contributed by atoms with E-state index in [4.69, 9.17) is 4.52 Å². The predicted molar refractivity (Wildman–Crippen MR) is 132 cm³/mol. The fourth-order valence-corrected chi connectivity index (χ4v) is 4.85. The minimum absolute atomic E-state index is 0.0355. The molecule has 0 unspecified atom stereocenters. The molecule has 35 heavy (non-hydrogen) atoms. The first-order chi connectivity index (χ1) is 16.7. The third-order valence-electron chi connectivity index (χ3n) is 5.50. The highest BCUT2D eigenvalue weighted by Crippen LogP contribution is 2.23. The molecular weight excluding hydrogens is 468 g/mol. The van der Waals surface area contributed by atoms with E-state index < -0.39 is 10.0 Å². The summed E-state index contributed by atoms with van der Waals surface area (Å²) in [7, 11) is -3.52. The number of hydrogen-bond acceptors (Lipinski definition) is 6. The van der Waals surface area contributed by atoms with Crippen LogP contribution in [0, 0.1) is 6.92 Å². The molecule has 0 radical (unpaired) electrons. The summed E-state index contributed by atoms with van der Waals surface area (Å²) >= 11 is 0. The zero-order valence-corrected chi connectivity index (χ0v) is 20.5. The molecule has 2 N–H and O–H groups in total. The van der Waals surface area contributed by atoms with E-state index in [-0.39, 0.29) is 29.2 Å². The van der Waals surface area contributed by atoms with E-state index in [1.807, 2.05) is 6.92 Å². The zero-order chi connectivity index (χ0) is 25.0. The molecule has 1 aliphatic rings. The summed E-state index contributed by atoms with van der Waals surface area (Å²) in [4.78, 5) is 27.2. The number of aromatic nitrogens is 1. The summed E-state index contributed by atoms with van der Waals surface area (Å²) in [5, 5.41) is 6.75. The van der Waals surface area contributed by atoms with Gasteiger partial charge in [0.2, 0.25) is 15.9 Å². The van der Waals surface area contributed by atoms with Crippen LogP contribution < -0.4 is 14.9 Å². The second-order valence-electron chi connectivity index (χ2n) is 8.59. The summed E-state index contributed by atoms with van der Waals surface area (Å²) in [6.07, 6.45) is 2.58. The van der Waals surface area contributed by atoms with Crippen LogP contribution >= 0.6 is 0 Å². The highest BCUT2D eigenvalue weighted by atomic mass is 32.2. The number of nitrogens with one attached hydrogen (secondary N) is 2. The van der Waals surface area contributed by atoms with Gasteiger partial charge in [-0.2, -0.15) is 0 Å². The standard InChI is InChI=1S/C25H28N4O5S/c1-3-14-29(23-15-17(2)34-27-23)25(31)19-6-8-20(9-7-19)26-24(30)16-18-4-12-22(13-5-18)35(32,33)28-21-10-11-21/h4-9,12-13,15,21,28H,3,10-11,14,16H2,1-2H3,(H,26,30). The summed E-state index contributed by atoms with van der Waals surface area (Å²) in [5.41, 5.74) is 1.71. The molecule has 1 aromatic heterocycles. The van der Waals surface area contributed by atoms with Gasteiger partial charge in [-0.05, 0) is 68.1 Å². The van der Waals surface area contributed by atoms with Gasteiger partial charge in [0.05, 0.1) is 11.3 Å². The fraction of sp³-hybridized carbons (Fsp3) is 0.320. The van der Waals surface area contributed by atoms with Gasteiger partial charge < -0.3 is 9.84 Å². The van der Waals surface area contributed by atoms with Crippen LogP contribution in [0.1, 0.15) is 47.9 Å². The van der Waals surface area contributed by atoms with Gasteiger partial charge >= 0.3 is 0 Å². The number of sulfonamides is 1. The van der Waals surface area contributed by atoms with Crippen LogP contribution in [0.2, 0.25) is 0 Å². The average Bonchev–Trinajstić information content (AvgIpc) is 3.53. The Morgan fingerprint density at radius 2 is 1.77 bits per heavy atom. The number of amides is 2. The van der Waals surface area contributed by atoms with E-state index in [1.54, 1.807) is 54.3 Å². The lowest BCUT2D eigenvalue weighted by atomic mass is 10.1. The second-order valence-corrected chi connectivity index (χ2v) is 10.3. The summed E-state index contributed by atoms with van der Waals surface area (Å²) < 4.78 is 32.3. The van der Waals surface area contributed by atoms with E-state index in [2.05, 4.69) is 15.2 Å². The Hall–Kier alpha value is -3.50. The number of carbonyl (C=O) groups is 2. The lowest BCUT2D eigenvalue weighted by Gasteiger charge is -2.19. The monoisotopic (exact) mass is 496 g/mol. The molecule has 3 aromatic rings. The summed E-state index contributed by atoms with van der Waals surface area (Å²) in [5.74, 6) is 0.637. The van der Waals surface area contributed by atoms with Crippen LogP contribution in [-0.2, 0) is 21.2 Å². The first-order valence-electron chi connectivity index (χ1n) is 11.5. The van der Waals surface area contributed by atoms with Crippen LogP contribution in [0.4, 0.5) is 11.5 Å². The highest BCUT2D eigenvalue weighted by molar-refractivity contribution is 7.89. The van der Waals surface area contributed by atoms with Crippen molar-refractivity contribution in [3.8, 4) is 0 Å². The van der Waals surface area contributed by atoms with E-state index >= 15 is 0 Å². The Bertz CT molecular complexity index is 1300. The molecule has 184 valence electrons. The van der Waals surface area contributed by atoms with E-state index in [0.717, 1.165) is 19.3 Å². The van der Waals surface area contributed by atoms with Gasteiger partial charge in [0.1, 0.15) is 5.76 Å². The molecule has 0 saturated heterocycles. The topological polar surface area (TPSA) is 122 Å². The molecule has 2 amide bonds. The van der Waals surface area contributed by atoms with Crippen LogP contribution in [-0.4, -0.2) is 38.0 Å². The SMILES string of the molecule is CCCN(C(=O)c1ccc(NC(=O)Cc2ccc(S(=O)(=O)NC3CC3)cc2)cc1)c1cc(C)on1. The lowest BCUT2D eigenvalue weighted by molar-refractivity contribution is -0.115. The number of rotatable bonds is 10. The molecule has 10 heteroatoms. The van der Waals surface area contributed by atoms with Gasteiger partial charge in [0, 0.05) is 29.9 Å². The van der Waals surface area contributed by atoms with Crippen molar-refractivity contribution in [2.75, 3.05) is 16.8 Å². The number of anilines is 2. The van der Waals surface area contributed by atoms with Gasteiger partial charge in [-0.1, -0.05) is 24.2 Å². The van der Waals surface area contributed by atoms with Gasteiger partial charge in [-0.15, -0.1) is 0 Å². The summed E-state index contributed by atoms with van der Waals surface area (Å²) in [6.45, 7) is 4.24. The minimum Gasteiger partial charge on any atom is -0.360 e. The quantitative estimate of drug-likeness (QED) is 0.442. The lowest BCUT2D eigenvalue weighted by Crippen LogP contribution is -2.32. The summed E-state index contributed by atoms with van der Waals surface area (Å²) in [6, 6.07) is 14.7. The molecule has 1 heterocycles. The Morgan fingerprint density at radius 3 is 2.34 bits per heavy atom. The molecule has 1 saturated carbocycles.